The number of carbonyl (C=O) groups is 3. The van der Waals surface area contributed by atoms with Crippen LogP contribution in [-0.2, 0) is 14.4 Å². The van der Waals surface area contributed by atoms with Crippen LogP contribution in [-0.4, -0.2) is 24.0 Å². The van der Waals surface area contributed by atoms with Gasteiger partial charge < -0.3 is 4.90 Å². The van der Waals surface area contributed by atoms with Gasteiger partial charge >= 0.3 is 0 Å². The van der Waals surface area contributed by atoms with Gasteiger partial charge in [-0.25, -0.2) is 0 Å². The van der Waals surface area contributed by atoms with Gasteiger partial charge in [0.15, 0.2) is 11.7 Å². The van der Waals surface area contributed by atoms with Gasteiger partial charge in [0, 0.05) is 5.69 Å². The highest BCUT2D eigenvalue weighted by Crippen LogP contribution is 2.23. The van der Waals surface area contributed by atoms with Crippen molar-refractivity contribution in [3.63, 3.8) is 0 Å². The second kappa shape index (κ2) is 3.89. The molecule has 1 aliphatic heterocycles. The molecule has 0 unspecified atom stereocenters. The molecule has 82 valence electrons. The molecule has 0 bridgehead atoms. The predicted molar refractivity (Wildman–Crippen MR) is 58.0 cm³/mol. The Hall–Kier alpha value is -1.97. The van der Waals surface area contributed by atoms with Crippen LogP contribution in [0.2, 0.25) is 0 Å². The third-order valence-corrected chi connectivity index (χ3v) is 2.62. The zero-order chi connectivity index (χ0) is 11.7. The first-order valence-corrected chi connectivity index (χ1v) is 5.01. The average molecular weight is 217 g/mol. The van der Waals surface area contributed by atoms with Gasteiger partial charge in [0.05, 0.1) is 6.54 Å². The zero-order valence-electron chi connectivity index (χ0n) is 8.84. The molecule has 0 saturated carbocycles. The first kappa shape index (κ1) is 10.5. The Kier molecular flexibility index (Phi) is 2.56. The van der Waals surface area contributed by atoms with Gasteiger partial charge in [-0.15, -0.1) is 0 Å². The number of hydrogen-bond acceptors (Lipinski definition) is 3. The fourth-order valence-electron chi connectivity index (χ4n) is 1.85. The molecule has 1 aliphatic rings. The Morgan fingerprint density at radius 1 is 1.25 bits per heavy atom. The molecule has 4 heteroatoms. The van der Waals surface area contributed by atoms with Gasteiger partial charge in [-0.05, 0) is 19.1 Å². The number of Topliss-reactive ketones (excluding diaryl/α,β-unsaturated/α-hetero) is 2. The fraction of sp³-hybridized carbons (Fsp3) is 0.250. The summed E-state index contributed by atoms with van der Waals surface area (Å²) in [6.45, 7) is 1.27. The summed E-state index contributed by atoms with van der Waals surface area (Å²) in [6, 6.07) is 8.89. The summed E-state index contributed by atoms with van der Waals surface area (Å²) in [4.78, 5) is 35.9. The number of carbonyl (C=O) groups excluding carboxylic acids is 3. The van der Waals surface area contributed by atoms with Gasteiger partial charge in [0.2, 0.25) is 5.91 Å². The summed E-state index contributed by atoms with van der Waals surface area (Å²) < 4.78 is 0. The van der Waals surface area contributed by atoms with Crippen LogP contribution in [0.15, 0.2) is 30.3 Å². The molecule has 2 rings (SSSR count). The van der Waals surface area contributed by atoms with E-state index in [1.54, 1.807) is 24.3 Å². The van der Waals surface area contributed by atoms with Gasteiger partial charge in [-0.3, -0.25) is 14.4 Å². The van der Waals surface area contributed by atoms with E-state index in [1.165, 1.54) is 11.8 Å². The molecule has 1 fully saturated rings. The van der Waals surface area contributed by atoms with E-state index in [0.29, 0.717) is 5.69 Å². The molecule has 1 saturated heterocycles. The van der Waals surface area contributed by atoms with Crippen molar-refractivity contribution in [2.75, 3.05) is 11.4 Å². The molecule has 0 N–H and O–H groups in total. The van der Waals surface area contributed by atoms with E-state index in [9.17, 15) is 14.4 Å². The molecule has 0 spiro atoms. The maximum atomic E-state index is 11.8. The average Bonchev–Trinajstić information content (AvgIpc) is 2.55. The summed E-state index contributed by atoms with van der Waals surface area (Å²) >= 11 is 0. The van der Waals surface area contributed by atoms with E-state index in [-0.39, 0.29) is 18.1 Å². The van der Waals surface area contributed by atoms with Gasteiger partial charge in [0.1, 0.15) is 5.78 Å². The first-order chi connectivity index (χ1) is 7.61. The van der Waals surface area contributed by atoms with E-state index in [2.05, 4.69) is 0 Å². The van der Waals surface area contributed by atoms with Crippen molar-refractivity contribution >= 4 is 23.2 Å². The Morgan fingerprint density at radius 3 is 2.38 bits per heavy atom. The third-order valence-electron chi connectivity index (χ3n) is 2.62. The highest BCUT2D eigenvalue weighted by Gasteiger charge is 2.42. The SMILES string of the molecule is CC(=O)[C@H]1C(=O)CN(c2ccccc2)C1=O. The minimum Gasteiger partial charge on any atom is -0.304 e. The van der Waals surface area contributed by atoms with Crippen molar-refractivity contribution in [3.05, 3.63) is 30.3 Å². The lowest BCUT2D eigenvalue weighted by Crippen LogP contribution is -2.29. The number of benzene rings is 1. The number of hydrogen-bond donors (Lipinski definition) is 0. The predicted octanol–water partition coefficient (Wildman–Crippen LogP) is 0.808. The van der Waals surface area contributed by atoms with Crippen LogP contribution in [0.5, 0.6) is 0 Å². The second-order valence-corrected chi connectivity index (χ2v) is 3.77. The van der Waals surface area contributed by atoms with Crippen molar-refractivity contribution in [2.24, 2.45) is 5.92 Å². The third kappa shape index (κ3) is 1.62. The minimum absolute atomic E-state index is 0.00685. The Bertz CT molecular complexity index is 453. The van der Waals surface area contributed by atoms with E-state index in [1.807, 2.05) is 6.07 Å². The molecule has 1 aromatic rings. The van der Waals surface area contributed by atoms with Crippen LogP contribution >= 0.6 is 0 Å². The summed E-state index contributed by atoms with van der Waals surface area (Å²) in [5.74, 6) is -2.21. The minimum atomic E-state index is -1.10. The topological polar surface area (TPSA) is 54.5 Å². The van der Waals surface area contributed by atoms with Crippen molar-refractivity contribution in [1.29, 1.82) is 0 Å². The number of para-hydroxylation sites is 1. The van der Waals surface area contributed by atoms with E-state index < -0.39 is 11.8 Å². The normalized spacial score (nSPS) is 20.3. The maximum absolute atomic E-state index is 11.8. The number of nitrogens with zero attached hydrogens (tertiary/aromatic N) is 1. The molecule has 1 heterocycles. The van der Waals surface area contributed by atoms with Crippen LogP contribution in [0.4, 0.5) is 5.69 Å². The molecule has 1 amide bonds. The quantitative estimate of drug-likeness (QED) is 0.689. The zero-order valence-corrected chi connectivity index (χ0v) is 8.84. The largest absolute Gasteiger partial charge is 0.304 e. The van der Waals surface area contributed by atoms with E-state index >= 15 is 0 Å². The Labute approximate surface area is 92.9 Å². The van der Waals surface area contributed by atoms with Crippen LogP contribution in [0.25, 0.3) is 0 Å². The molecule has 16 heavy (non-hydrogen) atoms. The van der Waals surface area contributed by atoms with Crippen LogP contribution in [0.3, 0.4) is 0 Å². The molecular formula is C12H11NO3. The van der Waals surface area contributed by atoms with Crippen molar-refractivity contribution < 1.29 is 14.4 Å². The number of anilines is 1. The molecule has 0 radical (unpaired) electrons. The second-order valence-electron chi connectivity index (χ2n) is 3.77. The van der Waals surface area contributed by atoms with Gasteiger partial charge in [-0.2, -0.15) is 0 Å². The highest BCUT2D eigenvalue weighted by atomic mass is 16.2. The summed E-state index contributed by atoms with van der Waals surface area (Å²) in [7, 11) is 0. The molecule has 1 aromatic carbocycles. The summed E-state index contributed by atoms with van der Waals surface area (Å²) in [5, 5.41) is 0. The maximum Gasteiger partial charge on any atom is 0.245 e. The van der Waals surface area contributed by atoms with Crippen molar-refractivity contribution in [1.82, 2.24) is 0 Å². The summed E-state index contributed by atoms with van der Waals surface area (Å²) in [5.41, 5.74) is 0.657. The summed E-state index contributed by atoms with van der Waals surface area (Å²) in [6.07, 6.45) is 0. The lowest BCUT2D eigenvalue weighted by Gasteiger charge is -2.14. The monoisotopic (exact) mass is 217 g/mol. The van der Waals surface area contributed by atoms with Crippen LogP contribution < -0.4 is 4.90 Å². The number of amides is 1. The standard InChI is InChI=1S/C12H11NO3/c1-8(14)11-10(15)7-13(12(11)16)9-5-3-2-4-6-9/h2-6,11H,7H2,1H3/t11-/m0/s1. The van der Waals surface area contributed by atoms with Crippen molar-refractivity contribution in [2.45, 2.75) is 6.92 Å². The van der Waals surface area contributed by atoms with Crippen LogP contribution in [0, 0.1) is 5.92 Å². The smallest absolute Gasteiger partial charge is 0.245 e. The molecular weight excluding hydrogens is 206 g/mol. The van der Waals surface area contributed by atoms with E-state index in [0.717, 1.165) is 0 Å². The Morgan fingerprint density at radius 2 is 1.88 bits per heavy atom. The molecule has 1 atom stereocenters. The first-order valence-electron chi connectivity index (χ1n) is 5.01. The molecule has 0 aliphatic carbocycles. The van der Waals surface area contributed by atoms with E-state index in [4.69, 9.17) is 0 Å². The molecule has 4 nitrogen and oxygen atoms in total. The lowest BCUT2D eigenvalue weighted by molar-refractivity contribution is -0.134. The lowest BCUT2D eigenvalue weighted by atomic mass is 10.0. The van der Waals surface area contributed by atoms with Gasteiger partial charge in [-0.1, -0.05) is 18.2 Å². The number of rotatable bonds is 2. The Balaban J connectivity index is 2.31. The number of ketones is 2. The van der Waals surface area contributed by atoms with Crippen LogP contribution in [0.1, 0.15) is 6.92 Å². The van der Waals surface area contributed by atoms with Gasteiger partial charge in [0.25, 0.3) is 0 Å². The van der Waals surface area contributed by atoms with Crippen molar-refractivity contribution in [3.8, 4) is 0 Å². The molecule has 0 aromatic heterocycles. The highest BCUT2D eigenvalue weighted by molar-refractivity contribution is 6.28. The fourth-order valence-corrected chi connectivity index (χ4v) is 1.85.